The highest BCUT2D eigenvalue weighted by atomic mass is 32.2. The Morgan fingerprint density at radius 3 is 2.50 bits per heavy atom. The van der Waals surface area contributed by atoms with Crippen LogP contribution in [0.5, 0.6) is 5.75 Å². The van der Waals surface area contributed by atoms with Gasteiger partial charge >= 0.3 is 6.18 Å². The topological polar surface area (TPSA) is 52.3 Å². The molecule has 0 amide bonds. The number of thioether (sulfide) groups is 1. The predicted octanol–water partition coefficient (Wildman–Crippen LogP) is 4.37. The van der Waals surface area contributed by atoms with Crippen molar-refractivity contribution in [3.63, 3.8) is 0 Å². The molecule has 0 bridgehead atoms. The number of fused-ring (bicyclic) bond motifs is 1. The van der Waals surface area contributed by atoms with E-state index in [2.05, 4.69) is 15.3 Å². The molecule has 5 nitrogen and oxygen atoms in total. The Bertz CT molecular complexity index is 969. The number of benzene rings is 1. The van der Waals surface area contributed by atoms with Crippen LogP contribution in [0.3, 0.4) is 0 Å². The van der Waals surface area contributed by atoms with E-state index in [0.29, 0.717) is 16.3 Å². The third-order valence-corrected chi connectivity index (χ3v) is 5.22. The van der Waals surface area contributed by atoms with Crippen LogP contribution >= 0.6 is 11.8 Å². The van der Waals surface area contributed by atoms with Crippen LogP contribution in [-0.2, 0) is 11.9 Å². The summed E-state index contributed by atoms with van der Waals surface area (Å²) in [6, 6.07) is 5.81. The molecule has 0 fully saturated rings. The molecule has 0 aliphatic rings. The van der Waals surface area contributed by atoms with E-state index in [1.165, 1.54) is 11.8 Å². The van der Waals surface area contributed by atoms with Gasteiger partial charge < -0.3 is 4.74 Å². The van der Waals surface area contributed by atoms with E-state index in [0.717, 1.165) is 27.0 Å². The number of hydrogen-bond donors (Lipinski definition) is 0. The first-order valence-corrected chi connectivity index (χ1v) is 8.77. The molecule has 2 heterocycles. The van der Waals surface area contributed by atoms with E-state index in [1.807, 2.05) is 32.0 Å². The molecular formula is C17H17F3N4OS. The molecule has 0 aliphatic carbocycles. The van der Waals surface area contributed by atoms with Crippen molar-refractivity contribution < 1.29 is 17.9 Å². The highest BCUT2D eigenvalue weighted by Crippen LogP contribution is 2.33. The minimum Gasteiger partial charge on any atom is -0.496 e. The van der Waals surface area contributed by atoms with Gasteiger partial charge in [0, 0.05) is 16.9 Å². The molecule has 138 valence electrons. The molecule has 0 aliphatic heterocycles. The molecule has 3 rings (SSSR count). The van der Waals surface area contributed by atoms with Crippen molar-refractivity contribution in [2.45, 2.75) is 37.7 Å². The summed E-state index contributed by atoms with van der Waals surface area (Å²) in [6.07, 6.45) is -4.62. The van der Waals surface area contributed by atoms with Gasteiger partial charge in [-0.2, -0.15) is 22.8 Å². The van der Waals surface area contributed by atoms with Crippen molar-refractivity contribution in [3.8, 4) is 5.75 Å². The first-order chi connectivity index (χ1) is 12.2. The van der Waals surface area contributed by atoms with Gasteiger partial charge in [-0.3, -0.25) is 0 Å². The molecule has 0 spiro atoms. The van der Waals surface area contributed by atoms with Crippen molar-refractivity contribution in [2.75, 3.05) is 7.11 Å². The van der Waals surface area contributed by atoms with E-state index in [1.54, 1.807) is 14.0 Å². The largest absolute Gasteiger partial charge is 0.496 e. The lowest BCUT2D eigenvalue weighted by atomic mass is 10.1. The molecule has 1 aromatic carbocycles. The number of aromatic nitrogens is 4. The molecule has 0 N–H and O–H groups in total. The summed E-state index contributed by atoms with van der Waals surface area (Å²) in [7, 11) is 1.59. The number of hydrogen-bond acceptors (Lipinski definition) is 5. The standard InChI is InChI=1S/C17H17F3N4OS/c1-9-5-6-13(25-4)12(7-9)8-26-15-11(3)10(2)14-21-22-16(17(18,19)20)24(14)23-15/h5-7H,8H2,1-4H3. The van der Waals surface area contributed by atoms with Crippen molar-refractivity contribution in [3.05, 3.63) is 46.3 Å². The van der Waals surface area contributed by atoms with Crippen LogP contribution in [0.15, 0.2) is 23.2 Å². The molecule has 3 aromatic rings. The average Bonchev–Trinajstić information content (AvgIpc) is 3.01. The second-order valence-electron chi connectivity index (χ2n) is 5.92. The summed E-state index contributed by atoms with van der Waals surface area (Å²) in [4.78, 5) is 0. The minimum atomic E-state index is -4.62. The number of nitrogens with zero attached hydrogens (tertiary/aromatic N) is 4. The van der Waals surface area contributed by atoms with Gasteiger partial charge in [-0.25, -0.2) is 0 Å². The van der Waals surface area contributed by atoms with E-state index < -0.39 is 12.0 Å². The van der Waals surface area contributed by atoms with Gasteiger partial charge in [0.05, 0.1) is 7.11 Å². The summed E-state index contributed by atoms with van der Waals surface area (Å²) >= 11 is 1.36. The fourth-order valence-electron chi connectivity index (χ4n) is 2.58. The monoisotopic (exact) mass is 382 g/mol. The first-order valence-electron chi connectivity index (χ1n) is 7.78. The molecule has 0 saturated carbocycles. The zero-order valence-electron chi connectivity index (χ0n) is 14.7. The lowest BCUT2D eigenvalue weighted by Crippen LogP contribution is -2.13. The number of ether oxygens (including phenoxy) is 1. The second-order valence-corrected chi connectivity index (χ2v) is 6.88. The molecule has 0 radical (unpaired) electrons. The number of halogens is 3. The normalized spacial score (nSPS) is 12.0. The molecule has 0 saturated heterocycles. The highest BCUT2D eigenvalue weighted by Gasteiger charge is 2.38. The van der Waals surface area contributed by atoms with Crippen molar-refractivity contribution >= 4 is 17.4 Å². The Kier molecular flexibility index (Phi) is 4.83. The van der Waals surface area contributed by atoms with Crippen LogP contribution < -0.4 is 4.74 Å². The summed E-state index contributed by atoms with van der Waals surface area (Å²) < 4.78 is 45.5. The van der Waals surface area contributed by atoms with E-state index in [9.17, 15) is 13.2 Å². The lowest BCUT2D eigenvalue weighted by Gasteiger charge is -2.12. The van der Waals surface area contributed by atoms with Gasteiger partial charge in [-0.05, 0) is 32.4 Å². The Labute approximate surface area is 152 Å². The fourth-order valence-corrected chi connectivity index (χ4v) is 3.61. The van der Waals surface area contributed by atoms with E-state index in [4.69, 9.17) is 4.74 Å². The molecular weight excluding hydrogens is 365 g/mol. The smallest absolute Gasteiger partial charge is 0.453 e. The van der Waals surface area contributed by atoms with Crippen LogP contribution in [0.4, 0.5) is 13.2 Å². The maximum absolute atomic E-state index is 13.1. The first kappa shape index (κ1) is 18.5. The van der Waals surface area contributed by atoms with Gasteiger partial charge in [0.1, 0.15) is 10.8 Å². The van der Waals surface area contributed by atoms with Gasteiger partial charge in [0.25, 0.3) is 5.82 Å². The van der Waals surface area contributed by atoms with Crippen LogP contribution in [0.1, 0.15) is 28.1 Å². The SMILES string of the molecule is COc1ccc(C)cc1CSc1nn2c(C(F)(F)F)nnc2c(C)c1C. The zero-order chi connectivity index (χ0) is 19.1. The molecule has 9 heteroatoms. The summed E-state index contributed by atoms with van der Waals surface area (Å²) in [5.41, 5.74) is 3.57. The number of rotatable bonds is 4. The average molecular weight is 382 g/mol. The third-order valence-electron chi connectivity index (χ3n) is 4.10. The van der Waals surface area contributed by atoms with Crippen molar-refractivity contribution in [1.29, 1.82) is 0 Å². The van der Waals surface area contributed by atoms with E-state index in [-0.39, 0.29) is 5.65 Å². The van der Waals surface area contributed by atoms with Crippen molar-refractivity contribution in [1.82, 2.24) is 19.8 Å². The zero-order valence-corrected chi connectivity index (χ0v) is 15.5. The van der Waals surface area contributed by atoms with Gasteiger partial charge in [0.2, 0.25) is 0 Å². The van der Waals surface area contributed by atoms with Crippen LogP contribution in [0.25, 0.3) is 5.65 Å². The molecule has 0 atom stereocenters. The Hall–Kier alpha value is -2.29. The summed E-state index contributed by atoms with van der Waals surface area (Å²) in [6.45, 7) is 5.51. The molecule has 0 unspecified atom stereocenters. The highest BCUT2D eigenvalue weighted by molar-refractivity contribution is 7.98. The summed E-state index contributed by atoms with van der Waals surface area (Å²) in [5, 5.41) is 11.6. The Balaban J connectivity index is 2.00. The van der Waals surface area contributed by atoms with Gasteiger partial charge in [-0.15, -0.1) is 10.2 Å². The number of methoxy groups -OCH3 is 1. The minimum absolute atomic E-state index is 0.118. The predicted molar refractivity (Wildman–Crippen MR) is 92.6 cm³/mol. The van der Waals surface area contributed by atoms with Gasteiger partial charge in [0.15, 0.2) is 5.65 Å². The third kappa shape index (κ3) is 3.35. The number of alkyl halides is 3. The summed E-state index contributed by atoms with van der Waals surface area (Å²) in [5.74, 6) is 0.136. The lowest BCUT2D eigenvalue weighted by molar-refractivity contribution is -0.146. The molecule has 26 heavy (non-hydrogen) atoms. The van der Waals surface area contributed by atoms with Crippen LogP contribution in [-0.4, -0.2) is 26.9 Å². The van der Waals surface area contributed by atoms with Gasteiger partial charge in [-0.1, -0.05) is 29.5 Å². The quantitative estimate of drug-likeness (QED) is 0.627. The van der Waals surface area contributed by atoms with Crippen LogP contribution in [0.2, 0.25) is 0 Å². The fraction of sp³-hybridized carbons (Fsp3) is 0.353. The Morgan fingerprint density at radius 1 is 1.12 bits per heavy atom. The Morgan fingerprint density at radius 2 is 1.85 bits per heavy atom. The maximum Gasteiger partial charge on any atom is 0.453 e. The van der Waals surface area contributed by atoms with Crippen LogP contribution in [0, 0.1) is 20.8 Å². The van der Waals surface area contributed by atoms with E-state index >= 15 is 0 Å². The number of aryl methyl sites for hydroxylation is 2. The second kappa shape index (κ2) is 6.79. The van der Waals surface area contributed by atoms with Crippen molar-refractivity contribution in [2.24, 2.45) is 0 Å². The molecule has 2 aromatic heterocycles. The maximum atomic E-state index is 13.1.